The van der Waals surface area contributed by atoms with Gasteiger partial charge in [-0.05, 0) is 32.7 Å². The molecule has 2 N–H and O–H groups in total. The highest BCUT2D eigenvalue weighted by molar-refractivity contribution is 4.81. The van der Waals surface area contributed by atoms with E-state index in [9.17, 15) is 0 Å². The van der Waals surface area contributed by atoms with E-state index in [-0.39, 0.29) is 0 Å². The maximum absolute atomic E-state index is 5.87. The lowest BCUT2D eigenvalue weighted by molar-refractivity contribution is 0.212. The highest BCUT2D eigenvalue weighted by atomic mass is 15.1. The number of piperidine rings is 1. The smallest absolute Gasteiger partial charge is 0.0168 e. The van der Waals surface area contributed by atoms with Crippen LogP contribution in [0.25, 0.3) is 0 Å². The summed E-state index contributed by atoms with van der Waals surface area (Å²) in [6, 6.07) is 0.421. The van der Waals surface area contributed by atoms with Gasteiger partial charge in [0.15, 0.2) is 0 Å². The molecule has 70 valence electrons. The summed E-state index contributed by atoms with van der Waals surface area (Å²) in [5.41, 5.74) is 5.87. The molecule has 1 saturated heterocycles. The van der Waals surface area contributed by atoms with Gasteiger partial charge in [0.05, 0.1) is 0 Å². The van der Waals surface area contributed by atoms with Crippen molar-refractivity contribution < 1.29 is 0 Å². The van der Waals surface area contributed by atoms with Crippen molar-refractivity contribution in [2.75, 3.05) is 19.6 Å². The van der Waals surface area contributed by atoms with Crippen LogP contribution in [0.3, 0.4) is 0 Å². The molecule has 1 heterocycles. The van der Waals surface area contributed by atoms with Crippen molar-refractivity contribution in [3.8, 4) is 0 Å². The van der Waals surface area contributed by atoms with E-state index in [1.165, 1.54) is 32.4 Å². The maximum Gasteiger partial charge on any atom is 0.0168 e. The van der Waals surface area contributed by atoms with E-state index in [4.69, 9.17) is 5.73 Å². The fourth-order valence-electron chi connectivity index (χ4n) is 1.72. The molecule has 1 unspecified atom stereocenters. The van der Waals surface area contributed by atoms with Crippen molar-refractivity contribution in [3.63, 3.8) is 0 Å². The first-order chi connectivity index (χ1) is 5.83. The van der Waals surface area contributed by atoms with Crippen LogP contribution in [0, 0.1) is 0 Å². The average molecular weight is 168 g/mol. The van der Waals surface area contributed by atoms with Gasteiger partial charge in [-0.3, -0.25) is 0 Å². The van der Waals surface area contributed by atoms with Gasteiger partial charge >= 0.3 is 0 Å². The Morgan fingerprint density at radius 2 is 2.42 bits per heavy atom. The Morgan fingerprint density at radius 1 is 1.58 bits per heavy atom. The summed E-state index contributed by atoms with van der Waals surface area (Å²) < 4.78 is 0. The van der Waals surface area contributed by atoms with Crippen molar-refractivity contribution in [2.24, 2.45) is 5.73 Å². The highest BCUT2D eigenvalue weighted by Gasteiger charge is 2.14. The molecule has 2 nitrogen and oxygen atoms in total. The standard InChI is InChI=1S/C10H20N2/c1-2-3-4-7-12-8-5-6-10(11)9-12/h2-3,10H,4-9,11H2,1H3/b3-2+. The zero-order valence-corrected chi connectivity index (χ0v) is 8.00. The second kappa shape index (κ2) is 5.33. The van der Waals surface area contributed by atoms with Crippen molar-refractivity contribution in [1.29, 1.82) is 0 Å². The Bertz CT molecular complexity index is 143. The van der Waals surface area contributed by atoms with E-state index in [1.807, 2.05) is 0 Å². The Labute approximate surface area is 75.4 Å². The molecule has 0 aromatic rings. The number of rotatable bonds is 3. The van der Waals surface area contributed by atoms with E-state index < -0.39 is 0 Å². The van der Waals surface area contributed by atoms with Crippen LogP contribution in [-0.2, 0) is 0 Å². The monoisotopic (exact) mass is 168 g/mol. The number of allylic oxidation sites excluding steroid dienone is 1. The lowest BCUT2D eigenvalue weighted by Gasteiger charge is -2.30. The van der Waals surface area contributed by atoms with Gasteiger partial charge < -0.3 is 10.6 Å². The number of nitrogens with zero attached hydrogens (tertiary/aromatic N) is 1. The lowest BCUT2D eigenvalue weighted by Crippen LogP contribution is -2.42. The summed E-state index contributed by atoms with van der Waals surface area (Å²) in [7, 11) is 0. The zero-order valence-electron chi connectivity index (χ0n) is 8.00. The van der Waals surface area contributed by atoms with Gasteiger partial charge in [-0.15, -0.1) is 0 Å². The normalized spacial score (nSPS) is 26.7. The molecule has 0 spiro atoms. The van der Waals surface area contributed by atoms with Crippen LogP contribution in [-0.4, -0.2) is 30.6 Å². The summed E-state index contributed by atoms with van der Waals surface area (Å²) in [5, 5.41) is 0. The van der Waals surface area contributed by atoms with Gasteiger partial charge in [0.25, 0.3) is 0 Å². The number of likely N-dealkylation sites (tertiary alicyclic amines) is 1. The second-order valence-electron chi connectivity index (χ2n) is 3.56. The quantitative estimate of drug-likeness (QED) is 0.645. The molecule has 0 saturated carbocycles. The predicted octanol–water partition coefficient (Wildman–Crippen LogP) is 1.38. The lowest BCUT2D eigenvalue weighted by atomic mass is 10.1. The Balaban J connectivity index is 2.14. The molecule has 1 aliphatic heterocycles. The summed E-state index contributed by atoms with van der Waals surface area (Å²) in [6.45, 7) is 5.59. The molecule has 0 radical (unpaired) electrons. The van der Waals surface area contributed by atoms with E-state index in [2.05, 4.69) is 24.0 Å². The van der Waals surface area contributed by atoms with Gasteiger partial charge in [-0.2, -0.15) is 0 Å². The third-order valence-corrected chi connectivity index (χ3v) is 2.39. The minimum Gasteiger partial charge on any atom is -0.327 e. The molecule has 1 rings (SSSR count). The van der Waals surface area contributed by atoms with Crippen LogP contribution in [0.5, 0.6) is 0 Å². The molecule has 1 atom stereocenters. The van der Waals surface area contributed by atoms with Crippen LogP contribution >= 0.6 is 0 Å². The Hall–Kier alpha value is -0.340. The van der Waals surface area contributed by atoms with Gasteiger partial charge in [0.1, 0.15) is 0 Å². The predicted molar refractivity (Wildman–Crippen MR) is 53.1 cm³/mol. The van der Waals surface area contributed by atoms with E-state index in [1.54, 1.807) is 0 Å². The molecule has 0 aliphatic carbocycles. The second-order valence-corrected chi connectivity index (χ2v) is 3.56. The topological polar surface area (TPSA) is 29.3 Å². The first-order valence-corrected chi connectivity index (χ1v) is 4.92. The third-order valence-electron chi connectivity index (χ3n) is 2.39. The van der Waals surface area contributed by atoms with Crippen LogP contribution in [0.1, 0.15) is 26.2 Å². The summed E-state index contributed by atoms with van der Waals surface area (Å²) in [4.78, 5) is 2.47. The maximum atomic E-state index is 5.87. The summed E-state index contributed by atoms with van der Waals surface area (Å²) in [6.07, 6.45) is 7.99. The summed E-state index contributed by atoms with van der Waals surface area (Å²) in [5.74, 6) is 0. The Kier molecular flexibility index (Phi) is 4.33. The van der Waals surface area contributed by atoms with Gasteiger partial charge in [0, 0.05) is 19.1 Å². The molecule has 0 aromatic carbocycles. The number of hydrogen-bond donors (Lipinski definition) is 1. The first kappa shape index (κ1) is 9.75. The van der Waals surface area contributed by atoms with Crippen molar-refractivity contribution in [1.82, 2.24) is 4.90 Å². The van der Waals surface area contributed by atoms with Crippen LogP contribution in [0.4, 0.5) is 0 Å². The fourth-order valence-corrected chi connectivity index (χ4v) is 1.72. The van der Waals surface area contributed by atoms with Crippen molar-refractivity contribution >= 4 is 0 Å². The first-order valence-electron chi connectivity index (χ1n) is 4.92. The number of hydrogen-bond acceptors (Lipinski definition) is 2. The number of nitrogens with two attached hydrogens (primary N) is 1. The third kappa shape index (κ3) is 3.37. The summed E-state index contributed by atoms with van der Waals surface area (Å²) >= 11 is 0. The van der Waals surface area contributed by atoms with Crippen molar-refractivity contribution in [2.45, 2.75) is 32.2 Å². The Morgan fingerprint density at radius 3 is 3.08 bits per heavy atom. The molecule has 0 aromatic heterocycles. The van der Waals surface area contributed by atoms with E-state index >= 15 is 0 Å². The van der Waals surface area contributed by atoms with Gasteiger partial charge in [-0.1, -0.05) is 12.2 Å². The van der Waals surface area contributed by atoms with Gasteiger partial charge in [-0.25, -0.2) is 0 Å². The fraction of sp³-hybridized carbons (Fsp3) is 0.800. The zero-order chi connectivity index (χ0) is 8.81. The molecule has 2 heteroatoms. The molecular weight excluding hydrogens is 148 g/mol. The SMILES string of the molecule is C/C=C/CCN1CCCC(N)C1. The van der Waals surface area contributed by atoms with Crippen LogP contribution in [0.2, 0.25) is 0 Å². The largest absolute Gasteiger partial charge is 0.327 e. The average Bonchev–Trinajstić information content (AvgIpc) is 2.05. The minimum absolute atomic E-state index is 0.421. The highest BCUT2D eigenvalue weighted by Crippen LogP contribution is 2.08. The van der Waals surface area contributed by atoms with E-state index in [0.29, 0.717) is 6.04 Å². The molecule has 12 heavy (non-hydrogen) atoms. The van der Waals surface area contributed by atoms with Crippen LogP contribution < -0.4 is 5.73 Å². The van der Waals surface area contributed by atoms with Gasteiger partial charge in [0.2, 0.25) is 0 Å². The molecular formula is C10H20N2. The molecule has 0 amide bonds. The minimum atomic E-state index is 0.421. The molecule has 1 aliphatic rings. The molecule has 1 fully saturated rings. The van der Waals surface area contributed by atoms with Crippen molar-refractivity contribution in [3.05, 3.63) is 12.2 Å². The molecule has 0 bridgehead atoms. The van der Waals surface area contributed by atoms with E-state index in [0.717, 1.165) is 6.54 Å². The van der Waals surface area contributed by atoms with Crippen LogP contribution in [0.15, 0.2) is 12.2 Å².